The molecule has 0 aliphatic heterocycles. The van der Waals surface area contributed by atoms with Crippen molar-refractivity contribution in [1.29, 1.82) is 0 Å². The monoisotopic (exact) mass is 300 g/mol. The fourth-order valence-electron chi connectivity index (χ4n) is 1.55. The molecule has 8 heteroatoms. The summed E-state index contributed by atoms with van der Waals surface area (Å²) in [4.78, 5) is 0. The molecule has 5 N–H and O–H groups in total. The molecule has 0 saturated carbocycles. The molecule has 0 fully saturated rings. The lowest BCUT2D eigenvalue weighted by Gasteiger charge is -2.06. The molecule has 0 aliphatic rings. The van der Waals surface area contributed by atoms with E-state index in [-0.39, 0.29) is 5.84 Å². The smallest absolute Gasteiger partial charge is 0.208 e. The molecular formula is C12H20N4O3S. The molecule has 0 aliphatic carbocycles. The summed E-state index contributed by atoms with van der Waals surface area (Å²) in [6, 6.07) is 7.32. The first-order valence-corrected chi connectivity index (χ1v) is 8.03. The van der Waals surface area contributed by atoms with Crippen molar-refractivity contribution in [1.82, 2.24) is 10.0 Å². The zero-order valence-electron chi connectivity index (χ0n) is 11.3. The maximum Gasteiger partial charge on any atom is 0.208 e. The lowest BCUT2D eigenvalue weighted by atomic mass is 10.1. The van der Waals surface area contributed by atoms with Crippen LogP contribution in [0.1, 0.15) is 17.5 Å². The lowest BCUT2D eigenvalue weighted by Crippen LogP contribution is -2.26. The van der Waals surface area contributed by atoms with Crippen LogP contribution in [0.15, 0.2) is 29.4 Å². The Morgan fingerprint density at radius 2 is 1.95 bits per heavy atom. The maximum absolute atomic E-state index is 10.8. The fraction of sp³-hybridized carbons (Fsp3) is 0.417. The van der Waals surface area contributed by atoms with Crippen LogP contribution in [0, 0.1) is 0 Å². The number of hydrogen-bond acceptors (Lipinski definition) is 5. The number of hydrogen-bond donors (Lipinski definition) is 4. The van der Waals surface area contributed by atoms with E-state index in [0.29, 0.717) is 25.2 Å². The highest BCUT2D eigenvalue weighted by Crippen LogP contribution is 2.03. The largest absolute Gasteiger partial charge is 0.409 e. The summed E-state index contributed by atoms with van der Waals surface area (Å²) < 4.78 is 24.1. The third-order valence-corrected chi connectivity index (χ3v) is 3.31. The van der Waals surface area contributed by atoms with Gasteiger partial charge in [-0.3, -0.25) is 0 Å². The van der Waals surface area contributed by atoms with Crippen molar-refractivity contribution in [3.63, 3.8) is 0 Å². The van der Waals surface area contributed by atoms with Gasteiger partial charge in [-0.25, -0.2) is 13.1 Å². The molecular weight excluding hydrogens is 280 g/mol. The highest BCUT2D eigenvalue weighted by molar-refractivity contribution is 7.88. The number of amidine groups is 1. The highest BCUT2D eigenvalue weighted by Gasteiger charge is 2.00. The quantitative estimate of drug-likeness (QED) is 0.174. The number of sulfonamides is 1. The van der Waals surface area contributed by atoms with Crippen LogP contribution < -0.4 is 15.8 Å². The summed E-state index contributed by atoms with van der Waals surface area (Å²) in [5.41, 5.74) is 7.19. The second-order valence-corrected chi connectivity index (χ2v) is 6.21. The number of nitrogens with zero attached hydrogens (tertiary/aromatic N) is 1. The fourth-order valence-corrected chi connectivity index (χ4v) is 2.07. The first-order valence-electron chi connectivity index (χ1n) is 6.14. The molecule has 0 radical (unpaired) electrons. The molecule has 0 amide bonds. The van der Waals surface area contributed by atoms with Crippen LogP contribution in [-0.4, -0.2) is 38.8 Å². The van der Waals surface area contributed by atoms with Crippen molar-refractivity contribution in [3.8, 4) is 0 Å². The third-order valence-electron chi connectivity index (χ3n) is 2.58. The minimum absolute atomic E-state index is 0.0800. The standard InChI is InChI=1S/C12H20N4O3S/c1-20(18,19)15-8-2-7-14-9-10-3-5-11(6-4-10)12(13)16-17/h3-6,14-15,17H,2,7-9H2,1H3,(H2,13,16). The normalized spacial score (nSPS) is 12.6. The molecule has 0 atom stereocenters. The van der Waals surface area contributed by atoms with Gasteiger partial charge in [-0.2, -0.15) is 0 Å². The molecule has 1 rings (SSSR count). The predicted molar refractivity (Wildman–Crippen MR) is 78.1 cm³/mol. The summed E-state index contributed by atoms with van der Waals surface area (Å²) in [5.74, 6) is 0.0800. The summed E-state index contributed by atoms with van der Waals surface area (Å²) in [6.45, 7) is 1.81. The summed E-state index contributed by atoms with van der Waals surface area (Å²) in [6.07, 6.45) is 1.86. The van der Waals surface area contributed by atoms with Gasteiger partial charge in [0.05, 0.1) is 6.26 Å². The van der Waals surface area contributed by atoms with Crippen LogP contribution in [-0.2, 0) is 16.6 Å². The summed E-state index contributed by atoms with van der Waals surface area (Å²) in [7, 11) is -3.10. The van der Waals surface area contributed by atoms with E-state index in [1.807, 2.05) is 12.1 Å². The molecule has 0 bridgehead atoms. The van der Waals surface area contributed by atoms with Crippen LogP contribution in [0.4, 0.5) is 0 Å². The molecule has 0 spiro atoms. The summed E-state index contributed by atoms with van der Waals surface area (Å²) in [5, 5.41) is 14.7. The Kier molecular flexibility index (Phi) is 6.43. The van der Waals surface area contributed by atoms with Gasteiger partial charge in [-0.05, 0) is 18.5 Å². The Bertz CT molecular complexity index is 540. The van der Waals surface area contributed by atoms with Crippen LogP contribution >= 0.6 is 0 Å². The van der Waals surface area contributed by atoms with E-state index in [2.05, 4.69) is 15.2 Å². The third kappa shape index (κ3) is 6.50. The Balaban J connectivity index is 2.26. The minimum atomic E-state index is -3.10. The maximum atomic E-state index is 10.8. The molecule has 7 nitrogen and oxygen atoms in total. The minimum Gasteiger partial charge on any atom is -0.409 e. The van der Waals surface area contributed by atoms with Crippen LogP contribution in [0.5, 0.6) is 0 Å². The Hall–Kier alpha value is -1.64. The van der Waals surface area contributed by atoms with E-state index in [1.54, 1.807) is 12.1 Å². The average Bonchev–Trinajstić information content (AvgIpc) is 2.41. The van der Waals surface area contributed by atoms with Gasteiger partial charge >= 0.3 is 0 Å². The van der Waals surface area contributed by atoms with Gasteiger partial charge in [0.25, 0.3) is 0 Å². The average molecular weight is 300 g/mol. The molecule has 20 heavy (non-hydrogen) atoms. The Morgan fingerprint density at radius 1 is 1.30 bits per heavy atom. The van der Waals surface area contributed by atoms with Gasteiger partial charge in [0.15, 0.2) is 5.84 Å². The molecule has 1 aromatic carbocycles. The topological polar surface area (TPSA) is 117 Å². The second kappa shape index (κ2) is 7.83. The van der Waals surface area contributed by atoms with Crippen LogP contribution in [0.2, 0.25) is 0 Å². The zero-order chi connectivity index (χ0) is 15.0. The molecule has 0 aromatic heterocycles. The van der Waals surface area contributed by atoms with E-state index in [0.717, 1.165) is 18.2 Å². The number of rotatable bonds is 8. The van der Waals surface area contributed by atoms with Crippen LogP contribution in [0.3, 0.4) is 0 Å². The Morgan fingerprint density at radius 3 is 2.50 bits per heavy atom. The molecule has 1 aromatic rings. The van der Waals surface area contributed by atoms with E-state index in [9.17, 15) is 8.42 Å². The van der Waals surface area contributed by atoms with E-state index >= 15 is 0 Å². The Labute approximate surface area is 118 Å². The van der Waals surface area contributed by atoms with Crippen molar-refractivity contribution in [3.05, 3.63) is 35.4 Å². The van der Waals surface area contributed by atoms with Crippen molar-refractivity contribution < 1.29 is 13.6 Å². The van der Waals surface area contributed by atoms with Gasteiger partial charge in [-0.15, -0.1) is 0 Å². The van der Waals surface area contributed by atoms with Gasteiger partial charge in [0.2, 0.25) is 10.0 Å². The van der Waals surface area contributed by atoms with E-state index in [1.165, 1.54) is 0 Å². The highest BCUT2D eigenvalue weighted by atomic mass is 32.2. The first kappa shape index (κ1) is 16.4. The molecule has 112 valence electrons. The van der Waals surface area contributed by atoms with Crippen molar-refractivity contribution in [2.75, 3.05) is 19.3 Å². The first-order chi connectivity index (χ1) is 9.42. The molecule has 0 saturated heterocycles. The van der Waals surface area contributed by atoms with Gasteiger partial charge in [0, 0.05) is 18.7 Å². The SMILES string of the molecule is CS(=O)(=O)NCCCNCc1ccc(/C(N)=N/O)cc1. The van der Waals surface area contributed by atoms with E-state index < -0.39 is 10.0 Å². The van der Waals surface area contributed by atoms with Gasteiger partial charge in [0.1, 0.15) is 0 Å². The van der Waals surface area contributed by atoms with E-state index in [4.69, 9.17) is 10.9 Å². The second-order valence-electron chi connectivity index (χ2n) is 4.38. The van der Waals surface area contributed by atoms with Crippen molar-refractivity contribution in [2.45, 2.75) is 13.0 Å². The zero-order valence-corrected chi connectivity index (χ0v) is 12.2. The van der Waals surface area contributed by atoms with Crippen molar-refractivity contribution >= 4 is 15.9 Å². The molecule has 0 unspecified atom stereocenters. The number of benzene rings is 1. The summed E-state index contributed by atoms with van der Waals surface area (Å²) >= 11 is 0. The van der Waals surface area contributed by atoms with Gasteiger partial charge in [-0.1, -0.05) is 29.4 Å². The number of oxime groups is 1. The van der Waals surface area contributed by atoms with Crippen molar-refractivity contribution in [2.24, 2.45) is 10.9 Å². The van der Waals surface area contributed by atoms with Gasteiger partial charge < -0.3 is 16.3 Å². The number of nitrogens with one attached hydrogen (secondary N) is 2. The predicted octanol–water partition coefficient (Wildman–Crippen LogP) is -0.190. The lowest BCUT2D eigenvalue weighted by molar-refractivity contribution is 0.318. The van der Waals surface area contributed by atoms with Crippen LogP contribution in [0.25, 0.3) is 0 Å². The number of nitrogens with two attached hydrogens (primary N) is 1. The molecule has 0 heterocycles.